The molecule has 1 fully saturated rings. The second-order valence-electron chi connectivity index (χ2n) is 7.80. The Morgan fingerprint density at radius 2 is 1.69 bits per heavy atom. The smallest absolute Gasteiger partial charge is 0.326 e. The highest BCUT2D eigenvalue weighted by Gasteiger charge is 2.38. The molecule has 0 bridgehead atoms. The number of amides is 3. The number of aliphatic hydroxyl groups excluding tert-OH is 1. The van der Waals surface area contributed by atoms with Gasteiger partial charge in [-0.3, -0.25) is 19.2 Å². The predicted octanol–water partition coefficient (Wildman–Crippen LogP) is -2.66. The van der Waals surface area contributed by atoms with Crippen LogP contribution >= 0.6 is 0 Å². The number of carbonyl (C=O) groups is 5. The molecule has 13 nitrogen and oxygen atoms in total. The number of hydrogen-bond donors (Lipinski definition) is 7. The van der Waals surface area contributed by atoms with Gasteiger partial charge in [0.1, 0.15) is 24.2 Å². The van der Waals surface area contributed by atoms with Gasteiger partial charge in [-0.15, -0.1) is 0 Å². The second kappa shape index (κ2) is 12.9. The van der Waals surface area contributed by atoms with Crippen molar-refractivity contribution in [1.29, 1.82) is 0 Å². The Balaban J connectivity index is 3.01. The third-order valence-corrected chi connectivity index (χ3v) is 5.22. The minimum absolute atomic E-state index is 0.158. The number of carboxylic acids is 2. The maximum atomic E-state index is 13.0. The van der Waals surface area contributed by atoms with Crippen LogP contribution in [0.4, 0.5) is 0 Å². The van der Waals surface area contributed by atoms with Crippen LogP contribution < -0.4 is 22.1 Å². The number of hydrogen-bond acceptors (Lipinski definition) is 8. The van der Waals surface area contributed by atoms with Gasteiger partial charge in [-0.25, -0.2) is 4.79 Å². The van der Waals surface area contributed by atoms with E-state index in [0.717, 1.165) is 0 Å². The van der Waals surface area contributed by atoms with Gasteiger partial charge < -0.3 is 42.3 Å². The molecule has 1 aliphatic heterocycles. The normalized spacial score (nSPS) is 19.5. The highest BCUT2D eigenvalue weighted by molar-refractivity contribution is 5.95. The van der Waals surface area contributed by atoms with E-state index in [4.69, 9.17) is 16.6 Å². The van der Waals surface area contributed by atoms with E-state index in [0.29, 0.717) is 32.2 Å². The van der Waals surface area contributed by atoms with Crippen molar-refractivity contribution in [3.63, 3.8) is 0 Å². The molecule has 1 rings (SSSR count). The molecule has 1 saturated heterocycles. The number of nitrogens with zero attached hydrogens (tertiary/aromatic N) is 1. The minimum Gasteiger partial charge on any atom is -0.481 e. The van der Waals surface area contributed by atoms with Crippen LogP contribution in [0.1, 0.15) is 45.4 Å². The summed E-state index contributed by atoms with van der Waals surface area (Å²) in [6.45, 7) is 1.83. The van der Waals surface area contributed by atoms with Crippen molar-refractivity contribution in [2.75, 3.05) is 13.1 Å². The number of aliphatic carboxylic acids is 2. The van der Waals surface area contributed by atoms with E-state index >= 15 is 0 Å². The van der Waals surface area contributed by atoms with E-state index in [1.807, 2.05) is 0 Å². The summed E-state index contributed by atoms with van der Waals surface area (Å²) in [7, 11) is 0. The van der Waals surface area contributed by atoms with Crippen LogP contribution in [0.3, 0.4) is 0 Å². The van der Waals surface area contributed by atoms with Gasteiger partial charge in [-0.05, 0) is 45.6 Å². The number of rotatable bonds is 13. The number of unbranched alkanes of at least 4 members (excludes halogenated alkanes) is 1. The summed E-state index contributed by atoms with van der Waals surface area (Å²) in [5.74, 6) is -4.99. The second-order valence-corrected chi connectivity index (χ2v) is 7.80. The molecule has 0 aromatic heterocycles. The lowest BCUT2D eigenvalue weighted by molar-refractivity contribution is -0.149. The molecule has 3 amide bonds. The van der Waals surface area contributed by atoms with Crippen molar-refractivity contribution >= 4 is 29.7 Å². The Kier molecular flexibility index (Phi) is 11.0. The molecule has 182 valence electrons. The molecule has 0 radical (unpaired) electrons. The van der Waals surface area contributed by atoms with E-state index in [1.54, 1.807) is 0 Å². The van der Waals surface area contributed by atoms with E-state index in [2.05, 4.69) is 10.6 Å². The molecular weight excluding hydrogens is 426 g/mol. The molecule has 0 aromatic carbocycles. The fourth-order valence-electron chi connectivity index (χ4n) is 3.38. The van der Waals surface area contributed by atoms with Crippen LogP contribution in [0.25, 0.3) is 0 Å². The van der Waals surface area contributed by atoms with E-state index < -0.39 is 66.4 Å². The highest BCUT2D eigenvalue weighted by atomic mass is 16.4. The van der Waals surface area contributed by atoms with E-state index in [9.17, 15) is 34.2 Å². The quantitative estimate of drug-likeness (QED) is 0.141. The Bertz CT molecular complexity index is 701. The molecule has 0 saturated carbocycles. The number of nitrogens with one attached hydrogen (secondary N) is 2. The topological polar surface area (TPSA) is 225 Å². The summed E-state index contributed by atoms with van der Waals surface area (Å²) in [5.41, 5.74) is 11.0. The van der Waals surface area contributed by atoms with Crippen LogP contribution in [0.15, 0.2) is 0 Å². The Morgan fingerprint density at radius 1 is 1.06 bits per heavy atom. The average Bonchev–Trinajstić information content (AvgIpc) is 3.21. The Morgan fingerprint density at radius 3 is 2.22 bits per heavy atom. The molecule has 32 heavy (non-hydrogen) atoms. The lowest BCUT2D eigenvalue weighted by Gasteiger charge is -2.29. The monoisotopic (exact) mass is 459 g/mol. The van der Waals surface area contributed by atoms with Crippen molar-refractivity contribution in [1.82, 2.24) is 15.5 Å². The van der Waals surface area contributed by atoms with Crippen LogP contribution in [-0.2, 0) is 24.0 Å². The molecule has 1 aliphatic rings. The Labute approximate surface area is 185 Å². The van der Waals surface area contributed by atoms with Gasteiger partial charge in [0.15, 0.2) is 0 Å². The van der Waals surface area contributed by atoms with Gasteiger partial charge in [0.2, 0.25) is 17.7 Å². The lowest BCUT2D eigenvalue weighted by atomic mass is 10.1. The molecule has 9 N–H and O–H groups in total. The van der Waals surface area contributed by atoms with Crippen LogP contribution in [-0.4, -0.2) is 93.2 Å². The van der Waals surface area contributed by atoms with Gasteiger partial charge in [-0.1, -0.05) is 0 Å². The van der Waals surface area contributed by atoms with Gasteiger partial charge in [0.05, 0.1) is 12.5 Å². The third-order valence-electron chi connectivity index (χ3n) is 5.22. The van der Waals surface area contributed by atoms with Crippen molar-refractivity contribution in [2.24, 2.45) is 11.5 Å². The zero-order valence-corrected chi connectivity index (χ0v) is 18.0. The van der Waals surface area contributed by atoms with Crippen molar-refractivity contribution < 1.29 is 39.3 Å². The first-order chi connectivity index (χ1) is 15.0. The average molecular weight is 460 g/mol. The number of nitrogens with two attached hydrogens (primary N) is 2. The van der Waals surface area contributed by atoms with Crippen LogP contribution in [0.5, 0.6) is 0 Å². The van der Waals surface area contributed by atoms with Gasteiger partial charge >= 0.3 is 11.9 Å². The highest BCUT2D eigenvalue weighted by Crippen LogP contribution is 2.20. The van der Waals surface area contributed by atoms with Crippen LogP contribution in [0, 0.1) is 0 Å². The Hall–Kier alpha value is -2.77. The molecule has 1 heterocycles. The molecule has 0 aliphatic carbocycles. The van der Waals surface area contributed by atoms with Crippen molar-refractivity contribution in [3.8, 4) is 0 Å². The van der Waals surface area contributed by atoms with Crippen molar-refractivity contribution in [2.45, 2.75) is 75.7 Å². The standard InChI is InChI=1S/C19H33N5O8/c1-10(25)15(21)17(29)23-12(9-14(26)27)16(28)22-11(5-2-3-7-20)18(30)24-8-4-6-13(24)19(31)32/h10-13,15,25H,2-9,20-21H2,1H3,(H,22,28)(H,23,29)(H,26,27)(H,31,32). The summed E-state index contributed by atoms with van der Waals surface area (Å²) in [6.07, 6.45) is -0.0546. The summed E-state index contributed by atoms with van der Waals surface area (Å²) < 4.78 is 0. The summed E-state index contributed by atoms with van der Waals surface area (Å²) in [6, 6.07) is -5.06. The fraction of sp³-hybridized carbons (Fsp3) is 0.737. The number of aliphatic hydroxyl groups is 1. The van der Waals surface area contributed by atoms with E-state index in [1.165, 1.54) is 11.8 Å². The lowest BCUT2D eigenvalue weighted by Crippen LogP contribution is -2.58. The molecule has 13 heteroatoms. The number of carbonyl (C=O) groups excluding carboxylic acids is 3. The first-order valence-corrected chi connectivity index (χ1v) is 10.5. The van der Waals surface area contributed by atoms with Crippen LogP contribution in [0.2, 0.25) is 0 Å². The third kappa shape index (κ3) is 8.05. The summed E-state index contributed by atoms with van der Waals surface area (Å²) in [4.78, 5) is 61.7. The fourth-order valence-corrected chi connectivity index (χ4v) is 3.38. The van der Waals surface area contributed by atoms with Gasteiger partial charge in [0.25, 0.3) is 0 Å². The molecule has 5 atom stereocenters. The number of likely N-dealkylation sites (tertiary alicyclic amines) is 1. The maximum absolute atomic E-state index is 13.0. The first kappa shape index (κ1) is 27.3. The first-order valence-electron chi connectivity index (χ1n) is 10.5. The zero-order valence-electron chi connectivity index (χ0n) is 18.0. The van der Waals surface area contributed by atoms with Gasteiger partial charge in [-0.2, -0.15) is 0 Å². The molecule has 5 unspecified atom stereocenters. The van der Waals surface area contributed by atoms with E-state index in [-0.39, 0.29) is 13.0 Å². The van der Waals surface area contributed by atoms with Gasteiger partial charge in [0, 0.05) is 6.54 Å². The minimum atomic E-state index is -1.55. The molecular formula is C19H33N5O8. The SMILES string of the molecule is CC(O)C(N)C(=O)NC(CC(=O)O)C(=O)NC(CCCCN)C(=O)N1CCCC1C(=O)O. The number of carboxylic acid groups (broad SMARTS) is 2. The molecule has 0 aromatic rings. The predicted molar refractivity (Wildman–Crippen MR) is 111 cm³/mol. The molecule has 0 spiro atoms. The maximum Gasteiger partial charge on any atom is 0.326 e. The van der Waals surface area contributed by atoms with Crippen molar-refractivity contribution in [3.05, 3.63) is 0 Å². The summed E-state index contributed by atoms with van der Waals surface area (Å²) >= 11 is 0. The summed E-state index contributed by atoms with van der Waals surface area (Å²) in [5, 5.41) is 32.5. The zero-order chi connectivity index (χ0) is 24.4. The largest absolute Gasteiger partial charge is 0.481 e.